The van der Waals surface area contributed by atoms with E-state index in [1.165, 1.54) is 24.3 Å². The lowest BCUT2D eigenvalue weighted by Crippen LogP contribution is -2.11. The molecule has 318 valence electrons. The summed E-state index contributed by atoms with van der Waals surface area (Å²) in [5.41, 5.74) is 5.55. The Balaban J connectivity index is 0.978. The van der Waals surface area contributed by atoms with Gasteiger partial charge in [-0.1, -0.05) is 12.1 Å². The SMILES string of the molecule is N#Cc1ccc(N(c2ccc(C(F)(F)F)cc2)c2ccc3cc4c(cc3c2)oc2cc3oc5cc6cc(N(c7ccc(C#N)cc7)c7ccc(C(F)(F)F)cc7)ccc6cc5c3cc24)cc1. The number of nitrogens with zero attached hydrogens (tertiary/aromatic N) is 4. The van der Waals surface area contributed by atoms with Gasteiger partial charge >= 0.3 is 12.4 Å². The lowest BCUT2D eigenvalue weighted by Gasteiger charge is -2.26. The highest BCUT2D eigenvalue weighted by molar-refractivity contribution is 6.18. The lowest BCUT2D eigenvalue weighted by molar-refractivity contribution is -0.138. The van der Waals surface area contributed by atoms with Crippen LogP contribution in [-0.2, 0) is 12.4 Å². The first-order valence-corrected chi connectivity index (χ1v) is 20.5. The average molecular weight is 879 g/mol. The first-order valence-electron chi connectivity index (χ1n) is 20.5. The number of alkyl halides is 6. The van der Waals surface area contributed by atoms with E-state index in [4.69, 9.17) is 8.83 Å². The van der Waals surface area contributed by atoms with E-state index in [1.54, 1.807) is 48.5 Å². The van der Waals surface area contributed by atoms with E-state index >= 15 is 0 Å². The van der Waals surface area contributed by atoms with Gasteiger partial charge in [0.25, 0.3) is 0 Å². The molecule has 0 fully saturated rings. The predicted molar refractivity (Wildman–Crippen MR) is 245 cm³/mol. The van der Waals surface area contributed by atoms with Crippen LogP contribution in [0.2, 0.25) is 0 Å². The fourth-order valence-corrected chi connectivity index (χ4v) is 8.65. The Hall–Kier alpha value is -8.74. The molecule has 6 nitrogen and oxygen atoms in total. The summed E-state index contributed by atoms with van der Waals surface area (Å²) in [6, 6.07) is 51.2. The molecule has 0 N–H and O–H groups in total. The van der Waals surface area contributed by atoms with E-state index in [2.05, 4.69) is 18.2 Å². The number of anilines is 6. The Morgan fingerprint density at radius 1 is 0.333 bits per heavy atom. The van der Waals surface area contributed by atoms with Crippen molar-refractivity contribution in [2.45, 2.75) is 12.4 Å². The number of hydrogen-bond donors (Lipinski definition) is 0. The van der Waals surface area contributed by atoms with E-state index < -0.39 is 23.5 Å². The van der Waals surface area contributed by atoms with Gasteiger partial charge in [0.1, 0.15) is 22.3 Å². The van der Waals surface area contributed by atoms with Gasteiger partial charge in [-0.05, 0) is 173 Å². The molecule has 0 aliphatic carbocycles. The van der Waals surface area contributed by atoms with Gasteiger partial charge in [-0.2, -0.15) is 36.9 Å². The quantitative estimate of drug-likeness (QED) is 0.155. The van der Waals surface area contributed by atoms with Gasteiger partial charge in [0.05, 0.1) is 34.4 Å². The number of fused-ring (bicyclic) bond motifs is 8. The van der Waals surface area contributed by atoms with Crippen molar-refractivity contribution in [2.24, 2.45) is 0 Å². The summed E-state index contributed by atoms with van der Waals surface area (Å²) in [6.45, 7) is 0. The fraction of sp³-hybridized carbons (Fsp3) is 0.0370. The number of rotatable bonds is 6. The molecular weight excluding hydrogens is 851 g/mol. The summed E-state index contributed by atoms with van der Waals surface area (Å²) in [5.74, 6) is 0. The minimum absolute atomic E-state index is 0.449. The normalized spacial score (nSPS) is 12.1. The molecule has 0 saturated heterocycles. The zero-order valence-corrected chi connectivity index (χ0v) is 34.0. The van der Waals surface area contributed by atoms with E-state index in [0.29, 0.717) is 67.6 Å². The van der Waals surface area contributed by atoms with Crippen molar-refractivity contribution in [3.63, 3.8) is 0 Å². The molecule has 66 heavy (non-hydrogen) atoms. The Bertz CT molecular complexity index is 3560. The molecule has 0 radical (unpaired) electrons. The monoisotopic (exact) mass is 878 g/mol. The molecule has 0 amide bonds. The maximum atomic E-state index is 13.5. The molecule has 11 aromatic rings. The summed E-state index contributed by atoms with van der Waals surface area (Å²) < 4.78 is 93.9. The molecule has 0 unspecified atom stereocenters. The van der Waals surface area contributed by atoms with Crippen LogP contribution in [0.1, 0.15) is 22.3 Å². The van der Waals surface area contributed by atoms with Gasteiger partial charge < -0.3 is 18.6 Å². The molecule has 0 aliphatic heterocycles. The number of hydrogen-bond acceptors (Lipinski definition) is 6. The molecule has 0 bridgehead atoms. The summed E-state index contributed by atoms with van der Waals surface area (Å²) >= 11 is 0. The Morgan fingerprint density at radius 2 is 0.652 bits per heavy atom. The van der Waals surface area contributed by atoms with Crippen LogP contribution in [0.15, 0.2) is 179 Å². The Kier molecular flexibility index (Phi) is 9.06. The number of benzene rings is 9. The second-order valence-electron chi connectivity index (χ2n) is 15.9. The first kappa shape index (κ1) is 40.1. The van der Waals surface area contributed by atoms with E-state index in [1.807, 2.05) is 76.5 Å². The Labute approximate surface area is 370 Å². The lowest BCUT2D eigenvalue weighted by atomic mass is 10.0. The highest BCUT2D eigenvalue weighted by Gasteiger charge is 2.31. The van der Waals surface area contributed by atoms with Crippen molar-refractivity contribution in [1.82, 2.24) is 0 Å². The van der Waals surface area contributed by atoms with Crippen LogP contribution in [-0.4, -0.2) is 0 Å². The number of furan rings is 2. The standard InChI is InChI=1S/C54H28F6N4O2/c55-53(56,57)37-7-17-41(18-8-37)63(39-11-1-31(29-61)2-12-39)43-15-5-33-23-45-47-27-48-46-24-34-6-16-44(22-36(34)26-50(46)66-52(48)28-51(47)65-49(45)25-35(33)21-43)64(40-13-3-32(30-62)4-14-40)42-19-9-38(10-20-42)54(58,59)60/h1-28H. The third kappa shape index (κ3) is 6.93. The minimum Gasteiger partial charge on any atom is -0.456 e. The Morgan fingerprint density at radius 3 is 1.00 bits per heavy atom. The molecule has 12 heteroatoms. The summed E-state index contributed by atoms with van der Waals surface area (Å²) in [6.07, 6.45) is -8.98. The molecule has 0 saturated carbocycles. The smallest absolute Gasteiger partial charge is 0.416 e. The molecule has 2 aromatic heterocycles. The van der Waals surface area contributed by atoms with Crippen LogP contribution < -0.4 is 9.80 Å². The summed E-state index contributed by atoms with van der Waals surface area (Å²) in [5, 5.41) is 25.8. The van der Waals surface area contributed by atoms with Gasteiger partial charge in [-0.15, -0.1) is 0 Å². The third-order valence-corrected chi connectivity index (χ3v) is 11.9. The van der Waals surface area contributed by atoms with Gasteiger partial charge in [0.2, 0.25) is 0 Å². The molecule has 11 rings (SSSR count). The number of nitriles is 2. The van der Waals surface area contributed by atoms with E-state index in [0.717, 1.165) is 67.4 Å². The molecule has 0 aliphatic rings. The first-order chi connectivity index (χ1) is 31.8. The summed E-state index contributed by atoms with van der Waals surface area (Å²) in [4.78, 5) is 3.66. The van der Waals surface area contributed by atoms with E-state index in [9.17, 15) is 36.9 Å². The van der Waals surface area contributed by atoms with Crippen LogP contribution in [0.5, 0.6) is 0 Å². The maximum absolute atomic E-state index is 13.5. The van der Waals surface area contributed by atoms with Gasteiger partial charge in [0, 0.05) is 61.7 Å². The van der Waals surface area contributed by atoms with Gasteiger partial charge in [-0.25, -0.2) is 0 Å². The predicted octanol–water partition coefficient (Wildman–Crippen LogP) is 16.5. The van der Waals surface area contributed by atoms with Crippen LogP contribution in [0.4, 0.5) is 60.5 Å². The molecule has 0 spiro atoms. The molecule has 0 atom stereocenters. The van der Waals surface area contributed by atoms with Crippen molar-refractivity contribution < 1.29 is 35.2 Å². The topological polar surface area (TPSA) is 80.3 Å². The largest absolute Gasteiger partial charge is 0.456 e. The maximum Gasteiger partial charge on any atom is 0.416 e. The average Bonchev–Trinajstić information content (AvgIpc) is 3.85. The van der Waals surface area contributed by atoms with Crippen molar-refractivity contribution in [2.75, 3.05) is 9.80 Å². The van der Waals surface area contributed by atoms with Crippen molar-refractivity contribution in [1.29, 1.82) is 10.5 Å². The third-order valence-electron chi connectivity index (χ3n) is 11.9. The number of halogens is 6. The second-order valence-corrected chi connectivity index (χ2v) is 15.9. The van der Waals surface area contributed by atoms with Crippen molar-refractivity contribution >= 4 is 99.5 Å². The van der Waals surface area contributed by atoms with Crippen LogP contribution in [0.3, 0.4) is 0 Å². The van der Waals surface area contributed by atoms with Crippen molar-refractivity contribution in [3.8, 4) is 12.1 Å². The highest BCUT2D eigenvalue weighted by Crippen LogP contribution is 2.44. The highest BCUT2D eigenvalue weighted by atomic mass is 19.4. The molecular formula is C54H28F6N4O2. The van der Waals surface area contributed by atoms with Crippen molar-refractivity contribution in [3.05, 3.63) is 192 Å². The molecule has 2 heterocycles. The molecule has 9 aromatic carbocycles. The van der Waals surface area contributed by atoms with E-state index in [-0.39, 0.29) is 0 Å². The zero-order chi connectivity index (χ0) is 45.5. The van der Waals surface area contributed by atoms with Crippen LogP contribution >= 0.6 is 0 Å². The minimum atomic E-state index is -4.49. The fourth-order valence-electron chi connectivity index (χ4n) is 8.65. The van der Waals surface area contributed by atoms with Gasteiger partial charge in [0.15, 0.2) is 0 Å². The van der Waals surface area contributed by atoms with Gasteiger partial charge in [-0.3, -0.25) is 0 Å². The van der Waals surface area contributed by atoms with Crippen LogP contribution in [0, 0.1) is 22.7 Å². The van der Waals surface area contributed by atoms with Crippen LogP contribution in [0.25, 0.3) is 65.4 Å². The second kappa shape index (κ2) is 14.9. The zero-order valence-electron chi connectivity index (χ0n) is 34.0. The summed E-state index contributed by atoms with van der Waals surface area (Å²) in [7, 11) is 0.